The lowest BCUT2D eigenvalue weighted by Crippen LogP contribution is -2.18. The van der Waals surface area contributed by atoms with Crippen LogP contribution < -0.4 is 4.90 Å². The van der Waals surface area contributed by atoms with Gasteiger partial charge in [-0.2, -0.15) is 0 Å². The zero-order valence-electron chi connectivity index (χ0n) is 34.4. The number of nitrogens with zero attached hydrogens (tertiary/aromatic N) is 2. The van der Waals surface area contributed by atoms with Crippen LogP contribution in [0, 0.1) is 0 Å². The van der Waals surface area contributed by atoms with E-state index in [0.717, 1.165) is 5.69 Å². The van der Waals surface area contributed by atoms with E-state index in [2.05, 4.69) is 231 Å². The fraction of sp³-hybridized carbons (Fsp3) is 0.103. The summed E-state index contributed by atoms with van der Waals surface area (Å²) in [5, 5.41) is 5.12. The van der Waals surface area contributed by atoms with E-state index >= 15 is 0 Å². The molecule has 1 aromatic heterocycles. The lowest BCUT2D eigenvalue weighted by molar-refractivity contribution is 0.660. The number of benzene rings is 9. The van der Waals surface area contributed by atoms with Gasteiger partial charge in [-0.1, -0.05) is 149 Å². The highest BCUT2D eigenvalue weighted by Gasteiger charge is 2.38. The van der Waals surface area contributed by atoms with Gasteiger partial charge >= 0.3 is 0 Å². The standard InChI is InChI=1S/C58H44N2/c1-57(2)50-22-14-13-21-45(50)47-29-26-42(35-52(47)57)59(40-16-7-5-8-17-40)43-27-30-48-46-28-23-39(34-51(46)58(3,4)53(48)36-43)38-25-31-54-49(33-38)56-44-20-12-11-15-37(44)24-32-55(56)60(54)41-18-9-6-10-19-41/h5-36H,1-4H3. The molecule has 0 radical (unpaired) electrons. The molecule has 60 heavy (non-hydrogen) atoms. The summed E-state index contributed by atoms with van der Waals surface area (Å²) in [6.07, 6.45) is 0. The van der Waals surface area contributed by atoms with Gasteiger partial charge < -0.3 is 9.47 Å². The summed E-state index contributed by atoms with van der Waals surface area (Å²) < 4.78 is 2.42. The molecule has 0 unspecified atom stereocenters. The van der Waals surface area contributed by atoms with Crippen molar-refractivity contribution < 1.29 is 0 Å². The smallest absolute Gasteiger partial charge is 0.0547 e. The number of hydrogen-bond acceptors (Lipinski definition) is 1. The fourth-order valence-corrected chi connectivity index (χ4v) is 10.7. The molecule has 10 aromatic rings. The third kappa shape index (κ3) is 4.94. The van der Waals surface area contributed by atoms with Crippen LogP contribution in [0.5, 0.6) is 0 Å². The molecule has 2 aliphatic carbocycles. The van der Waals surface area contributed by atoms with E-state index in [9.17, 15) is 0 Å². The molecule has 0 aliphatic heterocycles. The second-order valence-electron chi connectivity index (χ2n) is 17.8. The van der Waals surface area contributed by atoms with Gasteiger partial charge in [-0.3, -0.25) is 0 Å². The zero-order chi connectivity index (χ0) is 40.3. The summed E-state index contributed by atoms with van der Waals surface area (Å²) >= 11 is 0. The predicted octanol–water partition coefficient (Wildman–Crippen LogP) is 15.7. The number of hydrogen-bond donors (Lipinski definition) is 0. The van der Waals surface area contributed by atoms with E-state index in [0.29, 0.717) is 0 Å². The lowest BCUT2D eigenvalue weighted by Gasteiger charge is -2.29. The topological polar surface area (TPSA) is 8.17 Å². The van der Waals surface area contributed by atoms with Crippen molar-refractivity contribution in [3.8, 4) is 39.1 Å². The number of anilines is 3. The maximum absolute atomic E-state index is 2.46. The van der Waals surface area contributed by atoms with Gasteiger partial charge in [0.25, 0.3) is 0 Å². The number of aromatic nitrogens is 1. The molecule has 1 heterocycles. The minimum atomic E-state index is -0.204. The molecule has 286 valence electrons. The second-order valence-corrected chi connectivity index (χ2v) is 17.8. The van der Waals surface area contributed by atoms with Crippen molar-refractivity contribution in [3.05, 3.63) is 216 Å². The van der Waals surface area contributed by atoms with E-state index in [-0.39, 0.29) is 10.8 Å². The first-order chi connectivity index (χ1) is 29.3. The maximum Gasteiger partial charge on any atom is 0.0547 e. The van der Waals surface area contributed by atoms with Gasteiger partial charge in [0.2, 0.25) is 0 Å². The molecule has 0 saturated carbocycles. The fourth-order valence-electron chi connectivity index (χ4n) is 10.7. The Balaban J connectivity index is 0.969. The van der Waals surface area contributed by atoms with E-state index in [1.807, 2.05) is 0 Å². The van der Waals surface area contributed by atoms with E-state index in [1.165, 1.54) is 105 Å². The van der Waals surface area contributed by atoms with Crippen LogP contribution in [0.1, 0.15) is 49.9 Å². The summed E-state index contributed by atoms with van der Waals surface area (Å²) in [6, 6.07) is 72.2. The Morgan fingerprint density at radius 1 is 0.367 bits per heavy atom. The number of fused-ring (bicyclic) bond motifs is 11. The monoisotopic (exact) mass is 768 g/mol. The van der Waals surface area contributed by atoms with Gasteiger partial charge in [0.15, 0.2) is 0 Å². The highest BCUT2D eigenvalue weighted by atomic mass is 15.1. The van der Waals surface area contributed by atoms with Gasteiger partial charge in [0, 0.05) is 44.4 Å². The summed E-state index contributed by atoms with van der Waals surface area (Å²) in [7, 11) is 0. The van der Waals surface area contributed by atoms with Gasteiger partial charge in [0.1, 0.15) is 0 Å². The minimum Gasteiger partial charge on any atom is -0.310 e. The van der Waals surface area contributed by atoms with Crippen LogP contribution in [-0.4, -0.2) is 4.57 Å². The van der Waals surface area contributed by atoms with Crippen molar-refractivity contribution >= 4 is 49.6 Å². The molecular weight excluding hydrogens is 725 g/mol. The molecule has 9 aromatic carbocycles. The Bertz CT molecular complexity index is 3370. The van der Waals surface area contributed by atoms with Crippen LogP contribution in [-0.2, 0) is 10.8 Å². The van der Waals surface area contributed by atoms with Crippen molar-refractivity contribution in [2.24, 2.45) is 0 Å². The summed E-state index contributed by atoms with van der Waals surface area (Å²) in [6.45, 7) is 9.52. The Kier molecular flexibility index (Phi) is 7.36. The quantitative estimate of drug-likeness (QED) is 0.169. The van der Waals surface area contributed by atoms with Crippen LogP contribution >= 0.6 is 0 Å². The van der Waals surface area contributed by atoms with Crippen molar-refractivity contribution in [1.29, 1.82) is 0 Å². The Morgan fingerprint density at radius 3 is 1.63 bits per heavy atom. The number of rotatable bonds is 5. The predicted molar refractivity (Wildman–Crippen MR) is 254 cm³/mol. The molecule has 0 spiro atoms. The molecule has 2 heteroatoms. The van der Waals surface area contributed by atoms with Crippen molar-refractivity contribution in [2.75, 3.05) is 4.90 Å². The van der Waals surface area contributed by atoms with E-state index < -0.39 is 0 Å². The summed E-state index contributed by atoms with van der Waals surface area (Å²) in [4.78, 5) is 2.44. The molecule has 0 fully saturated rings. The van der Waals surface area contributed by atoms with Gasteiger partial charge in [-0.15, -0.1) is 0 Å². The number of para-hydroxylation sites is 2. The Labute approximate surface area is 351 Å². The third-order valence-electron chi connectivity index (χ3n) is 13.8. The SMILES string of the molecule is CC1(C)c2ccccc2-c2ccc(N(c3ccccc3)c3ccc4c(c3)C(C)(C)c3cc(-c5ccc6c(c5)c5c7ccccc7ccc5n6-c5ccccc5)ccc3-4)cc21. The second kappa shape index (κ2) is 12.7. The largest absolute Gasteiger partial charge is 0.310 e. The Hall–Kier alpha value is -7.16. The van der Waals surface area contributed by atoms with Gasteiger partial charge in [0.05, 0.1) is 11.0 Å². The molecule has 0 bridgehead atoms. The van der Waals surface area contributed by atoms with E-state index in [1.54, 1.807) is 0 Å². The molecule has 2 aliphatic rings. The average molecular weight is 769 g/mol. The van der Waals surface area contributed by atoms with Crippen LogP contribution in [0.3, 0.4) is 0 Å². The molecule has 12 rings (SSSR count). The third-order valence-corrected chi connectivity index (χ3v) is 13.8. The minimum absolute atomic E-state index is 0.0825. The first kappa shape index (κ1) is 34.8. The first-order valence-corrected chi connectivity index (χ1v) is 21.2. The van der Waals surface area contributed by atoms with Gasteiger partial charge in [-0.25, -0.2) is 0 Å². The summed E-state index contributed by atoms with van der Waals surface area (Å²) in [5.74, 6) is 0. The summed E-state index contributed by atoms with van der Waals surface area (Å²) in [5.41, 5.74) is 20.1. The molecule has 0 amide bonds. The van der Waals surface area contributed by atoms with Crippen molar-refractivity contribution in [3.63, 3.8) is 0 Å². The highest BCUT2D eigenvalue weighted by molar-refractivity contribution is 6.22. The molecule has 0 saturated heterocycles. The first-order valence-electron chi connectivity index (χ1n) is 21.2. The maximum atomic E-state index is 2.46. The highest BCUT2D eigenvalue weighted by Crippen LogP contribution is 2.54. The van der Waals surface area contributed by atoms with E-state index in [4.69, 9.17) is 0 Å². The normalized spacial score (nSPS) is 14.3. The lowest BCUT2D eigenvalue weighted by atomic mass is 9.81. The van der Waals surface area contributed by atoms with Crippen LogP contribution in [0.15, 0.2) is 194 Å². The molecular formula is C58H44N2. The van der Waals surface area contributed by atoms with Crippen molar-refractivity contribution in [2.45, 2.75) is 38.5 Å². The average Bonchev–Trinajstić information content (AvgIpc) is 3.83. The molecule has 2 nitrogen and oxygen atoms in total. The molecule has 0 atom stereocenters. The van der Waals surface area contributed by atoms with Crippen LogP contribution in [0.4, 0.5) is 17.1 Å². The Morgan fingerprint density at radius 2 is 0.900 bits per heavy atom. The van der Waals surface area contributed by atoms with Crippen LogP contribution in [0.2, 0.25) is 0 Å². The van der Waals surface area contributed by atoms with Crippen molar-refractivity contribution in [1.82, 2.24) is 4.57 Å². The molecule has 0 N–H and O–H groups in total. The van der Waals surface area contributed by atoms with Crippen LogP contribution in [0.25, 0.3) is 71.6 Å². The van der Waals surface area contributed by atoms with Gasteiger partial charge in [-0.05, 0) is 139 Å². The zero-order valence-corrected chi connectivity index (χ0v) is 34.4.